The van der Waals surface area contributed by atoms with Gasteiger partial charge in [-0.05, 0) is 56.5 Å². The van der Waals surface area contributed by atoms with Crippen LogP contribution < -0.4 is 9.47 Å². The van der Waals surface area contributed by atoms with E-state index in [4.69, 9.17) is 14.6 Å². The van der Waals surface area contributed by atoms with E-state index in [0.29, 0.717) is 42.5 Å². The number of unbranched alkanes of at least 4 members (excludes halogenated alkanes) is 1. The molecule has 0 saturated heterocycles. The molecule has 0 atom stereocenters. The van der Waals surface area contributed by atoms with Crippen LogP contribution in [0.1, 0.15) is 36.5 Å². The Morgan fingerprint density at radius 3 is 2.42 bits per heavy atom. The van der Waals surface area contributed by atoms with Gasteiger partial charge in [0.25, 0.3) is 0 Å². The van der Waals surface area contributed by atoms with Crippen LogP contribution in [0.5, 0.6) is 11.6 Å². The number of carboxylic acid groups (broad SMARTS) is 1. The molecule has 0 unspecified atom stereocenters. The maximum Gasteiger partial charge on any atom is 0.416 e. The second-order valence-electron chi connectivity index (χ2n) is 7.37. The first kappa shape index (κ1) is 24.2. The fourth-order valence-corrected chi connectivity index (χ4v) is 3.31. The second-order valence-corrected chi connectivity index (χ2v) is 7.37. The zero-order valence-corrected chi connectivity index (χ0v) is 18.1. The summed E-state index contributed by atoms with van der Waals surface area (Å²) in [5.74, 6) is 0.0923. The molecule has 1 heterocycles. The molecule has 0 fully saturated rings. The lowest BCUT2D eigenvalue weighted by Gasteiger charge is -2.10. The molecule has 9 heteroatoms. The van der Waals surface area contributed by atoms with Gasteiger partial charge in [0.1, 0.15) is 5.75 Å². The summed E-state index contributed by atoms with van der Waals surface area (Å²) in [6.07, 6.45) is -0.595. The molecule has 0 aliphatic heterocycles. The summed E-state index contributed by atoms with van der Waals surface area (Å²) in [6, 6.07) is 11.8. The highest BCUT2D eigenvalue weighted by Gasteiger charge is 2.30. The number of hydrogen-bond acceptors (Lipinski definition) is 4. The van der Waals surface area contributed by atoms with Gasteiger partial charge in [-0.15, -0.1) is 5.10 Å². The second kappa shape index (κ2) is 10.9. The molecule has 176 valence electrons. The van der Waals surface area contributed by atoms with Crippen LogP contribution in [0.15, 0.2) is 54.7 Å². The average molecular weight is 462 g/mol. The van der Waals surface area contributed by atoms with E-state index in [9.17, 15) is 18.0 Å². The Hall–Kier alpha value is -3.49. The molecule has 0 radical (unpaired) electrons. The van der Waals surface area contributed by atoms with Crippen LogP contribution in [0.2, 0.25) is 0 Å². The van der Waals surface area contributed by atoms with E-state index in [0.717, 1.165) is 30.5 Å². The van der Waals surface area contributed by atoms with E-state index >= 15 is 0 Å². The van der Waals surface area contributed by atoms with Crippen molar-refractivity contribution in [3.05, 3.63) is 71.4 Å². The lowest BCUT2D eigenvalue weighted by molar-refractivity contribution is -0.138. The average Bonchev–Trinajstić information content (AvgIpc) is 3.17. The minimum Gasteiger partial charge on any atom is -0.493 e. The summed E-state index contributed by atoms with van der Waals surface area (Å²) in [4.78, 5) is 11.0. The molecule has 0 aliphatic rings. The highest BCUT2D eigenvalue weighted by molar-refractivity contribution is 5.71. The fraction of sp³-hybridized carbons (Fsp3) is 0.333. The highest BCUT2D eigenvalue weighted by atomic mass is 19.4. The minimum absolute atomic E-state index is 0.100. The minimum atomic E-state index is -4.39. The first-order chi connectivity index (χ1) is 15.8. The molecular weight excluding hydrogens is 437 g/mol. The number of aliphatic carboxylic acids is 1. The van der Waals surface area contributed by atoms with E-state index in [-0.39, 0.29) is 6.42 Å². The van der Waals surface area contributed by atoms with Crippen molar-refractivity contribution >= 4 is 5.97 Å². The molecule has 3 aromatic rings. The Morgan fingerprint density at radius 1 is 1.03 bits per heavy atom. The molecule has 33 heavy (non-hydrogen) atoms. The quantitative estimate of drug-likeness (QED) is 0.391. The molecule has 6 nitrogen and oxygen atoms in total. The van der Waals surface area contributed by atoms with Crippen molar-refractivity contribution in [2.75, 3.05) is 13.2 Å². The summed E-state index contributed by atoms with van der Waals surface area (Å²) in [7, 11) is 0. The third-order valence-electron chi connectivity index (χ3n) is 4.90. The smallest absolute Gasteiger partial charge is 0.416 e. The van der Waals surface area contributed by atoms with Gasteiger partial charge >= 0.3 is 12.1 Å². The summed E-state index contributed by atoms with van der Waals surface area (Å²) < 4.78 is 51.3. The van der Waals surface area contributed by atoms with Gasteiger partial charge in [0, 0.05) is 17.3 Å². The molecule has 0 saturated carbocycles. The summed E-state index contributed by atoms with van der Waals surface area (Å²) in [5, 5.41) is 13.4. The number of halogens is 3. The topological polar surface area (TPSA) is 73.6 Å². The molecule has 0 spiro atoms. The van der Waals surface area contributed by atoms with Gasteiger partial charge in [-0.3, -0.25) is 4.79 Å². The number of aryl methyl sites for hydroxylation is 1. The van der Waals surface area contributed by atoms with Gasteiger partial charge in [-0.25, -0.2) is 4.68 Å². The van der Waals surface area contributed by atoms with Crippen molar-refractivity contribution in [3.63, 3.8) is 0 Å². The van der Waals surface area contributed by atoms with Crippen molar-refractivity contribution in [2.24, 2.45) is 0 Å². The first-order valence-corrected chi connectivity index (χ1v) is 10.6. The van der Waals surface area contributed by atoms with Crippen LogP contribution in [0.25, 0.3) is 5.69 Å². The van der Waals surface area contributed by atoms with Crippen LogP contribution in [0.3, 0.4) is 0 Å². The monoisotopic (exact) mass is 462 g/mol. The summed E-state index contributed by atoms with van der Waals surface area (Å²) in [5.41, 5.74) is 1.27. The predicted molar refractivity (Wildman–Crippen MR) is 116 cm³/mol. The number of carboxylic acids is 1. The number of ether oxygens (including phenoxy) is 2. The van der Waals surface area contributed by atoms with Crippen LogP contribution in [-0.2, 0) is 23.8 Å². The lowest BCUT2D eigenvalue weighted by atomic mass is 10.1. The number of carbonyl (C=O) groups is 1. The standard InChI is InChI=1S/C24H25F3N2O4/c1-2-32-23-18(16-29(28-23)20-12-10-19(11-13-20)24(25,26)27)8-5-6-14-33-21-9-4-3-7-17(21)15-22(30)31/h3-4,7,9-13,16H,2,5-6,8,14-15H2,1H3,(H,30,31). The molecule has 0 aliphatic carbocycles. The van der Waals surface area contributed by atoms with E-state index in [2.05, 4.69) is 5.10 Å². The SMILES string of the molecule is CCOc1nn(-c2ccc(C(F)(F)F)cc2)cc1CCCCOc1ccccc1CC(=O)O. The molecule has 2 aromatic carbocycles. The number of para-hydroxylation sites is 1. The van der Waals surface area contributed by atoms with Crippen molar-refractivity contribution in [1.82, 2.24) is 9.78 Å². The largest absolute Gasteiger partial charge is 0.493 e. The van der Waals surface area contributed by atoms with Crippen LogP contribution in [-0.4, -0.2) is 34.1 Å². The number of alkyl halides is 3. The van der Waals surface area contributed by atoms with Gasteiger partial charge in [0.15, 0.2) is 0 Å². The summed E-state index contributed by atoms with van der Waals surface area (Å²) >= 11 is 0. The zero-order valence-electron chi connectivity index (χ0n) is 18.1. The predicted octanol–water partition coefficient (Wildman–Crippen LogP) is 5.32. The Labute approximate surface area is 189 Å². The number of rotatable bonds is 11. The molecule has 0 bridgehead atoms. The van der Waals surface area contributed by atoms with Crippen LogP contribution in [0, 0.1) is 0 Å². The molecule has 3 rings (SSSR count). The number of hydrogen-bond donors (Lipinski definition) is 1. The summed E-state index contributed by atoms with van der Waals surface area (Å²) in [6.45, 7) is 2.68. The van der Waals surface area contributed by atoms with E-state index in [1.54, 1.807) is 30.5 Å². The van der Waals surface area contributed by atoms with Crippen LogP contribution >= 0.6 is 0 Å². The van der Waals surface area contributed by atoms with Crippen molar-refractivity contribution < 1.29 is 32.5 Å². The van der Waals surface area contributed by atoms with E-state index in [1.165, 1.54) is 16.8 Å². The van der Waals surface area contributed by atoms with Crippen LogP contribution in [0.4, 0.5) is 13.2 Å². The Kier molecular flexibility index (Phi) is 7.97. The maximum atomic E-state index is 12.8. The normalized spacial score (nSPS) is 11.4. The fourth-order valence-electron chi connectivity index (χ4n) is 3.31. The third kappa shape index (κ3) is 6.74. The Balaban J connectivity index is 1.59. The molecular formula is C24H25F3N2O4. The Bertz CT molecular complexity index is 1060. The highest BCUT2D eigenvalue weighted by Crippen LogP contribution is 2.30. The van der Waals surface area contributed by atoms with Crippen molar-refractivity contribution in [3.8, 4) is 17.3 Å². The number of nitrogens with zero attached hydrogens (tertiary/aromatic N) is 2. The maximum absolute atomic E-state index is 12.8. The lowest BCUT2D eigenvalue weighted by Crippen LogP contribution is -2.05. The Morgan fingerprint density at radius 2 is 1.76 bits per heavy atom. The van der Waals surface area contributed by atoms with E-state index in [1.807, 2.05) is 6.92 Å². The first-order valence-electron chi connectivity index (χ1n) is 10.6. The molecule has 1 aromatic heterocycles. The molecule has 1 N–H and O–H groups in total. The van der Waals surface area contributed by atoms with Gasteiger partial charge in [-0.1, -0.05) is 18.2 Å². The van der Waals surface area contributed by atoms with Crippen molar-refractivity contribution in [1.29, 1.82) is 0 Å². The van der Waals surface area contributed by atoms with Gasteiger partial charge < -0.3 is 14.6 Å². The number of aromatic nitrogens is 2. The molecule has 0 amide bonds. The number of benzene rings is 2. The van der Waals surface area contributed by atoms with Crippen molar-refractivity contribution in [2.45, 2.75) is 38.8 Å². The van der Waals surface area contributed by atoms with Gasteiger partial charge in [0.05, 0.1) is 30.9 Å². The van der Waals surface area contributed by atoms with Gasteiger partial charge in [-0.2, -0.15) is 13.2 Å². The van der Waals surface area contributed by atoms with E-state index < -0.39 is 17.7 Å². The third-order valence-corrected chi connectivity index (χ3v) is 4.90. The van der Waals surface area contributed by atoms with Gasteiger partial charge in [0.2, 0.25) is 5.88 Å². The zero-order chi connectivity index (χ0) is 23.8.